The quantitative estimate of drug-likeness (QED) is 0.196. The number of carbonyl (C=O) groups is 2. The molecule has 0 saturated carbocycles. The summed E-state index contributed by atoms with van der Waals surface area (Å²) < 4.78 is 20.2. The SMILES string of the molecule is CNOC1OC(C(=O)O)[C@@H](O[C@@H]2OC(C(=O)O)[C@H](OC)C(O)C2O)C(O)C1O. The Morgan fingerprint density at radius 1 is 0.821 bits per heavy atom. The van der Waals surface area contributed by atoms with Crippen molar-refractivity contribution in [2.75, 3.05) is 14.2 Å². The van der Waals surface area contributed by atoms with Crippen LogP contribution in [0.2, 0.25) is 0 Å². The van der Waals surface area contributed by atoms with Gasteiger partial charge in [-0.15, -0.1) is 0 Å². The number of hydrogen-bond acceptors (Lipinski definition) is 12. The summed E-state index contributed by atoms with van der Waals surface area (Å²) in [5.74, 6) is -3.14. The Hall–Kier alpha value is -1.46. The van der Waals surface area contributed by atoms with Gasteiger partial charge >= 0.3 is 11.9 Å². The molecule has 0 amide bonds. The summed E-state index contributed by atoms with van der Waals surface area (Å²) in [5, 5.41) is 59.0. The second-order valence-corrected chi connectivity index (χ2v) is 6.11. The van der Waals surface area contributed by atoms with Gasteiger partial charge in [0.1, 0.15) is 36.6 Å². The first kappa shape index (κ1) is 22.8. The lowest BCUT2D eigenvalue weighted by molar-refractivity contribution is -0.356. The van der Waals surface area contributed by atoms with Gasteiger partial charge < -0.3 is 49.6 Å². The van der Waals surface area contributed by atoms with Crippen molar-refractivity contribution in [3.63, 3.8) is 0 Å². The summed E-state index contributed by atoms with van der Waals surface area (Å²) in [6.07, 6.45) is -17.6. The number of carboxylic acids is 2. The number of hydrogen-bond donors (Lipinski definition) is 7. The number of aliphatic hydroxyl groups excluding tert-OH is 4. The molecule has 2 fully saturated rings. The van der Waals surface area contributed by atoms with E-state index in [-0.39, 0.29) is 0 Å². The van der Waals surface area contributed by atoms with Crippen LogP contribution >= 0.6 is 0 Å². The zero-order chi connectivity index (χ0) is 21.2. The molecule has 0 aliphatic carbocycles. The Balaban J connectivity index is 2.23. The van der Waals surface area contributed by atoms with Crippen LogP contribution in [0, 0.1) is 0 Å². The molecule has 0 bridgehead atoms. The molecule has 162 valence electrons. The van der Waals surface area contributed by atoms with Gasteiger partial charge in [-0.05, 0) is 0 Å². The summed E-state index contributed by atoms with van der Waals surface area (Å²) in [5.41, 5.74) is 2.18. The largest absolute Gasteiger partial charge is 0.479 e. The third-order valence-electron chi connectivity index (χ3n) is 4.37. The molecule has 7 unspecified atom stereocenters. The van der Waals surface area contributed by atoms with Crippen molar-refractivity contribution in [1.82, 2.24) is 5.48 Å². The molecule has 14 nitrogen and oxygen atoms in total. The van der Waals surface area contributed by atoms with Crippen LogP contribution in [-0.2, 0) is 33.4 Å². The maximum atomic E-state index is 11.5. The molecular formula is C14H23NO13. The number of rotatable bonds is 7. The molecule has 2 aliphatic heterocycles. The predicted octanol–water partition coefficient (Wildman–Crippen LogP) is -4.40. The highest BCUT2D eigenvalue weighted by Crippen LogP contribution is 2.30. The topological polar surface area (TPSA) is 214 Å². The van der Waals surface area contributed by atoms with Gasteiger partial charge in [-0.2, -0.15) is 0 Å². The third kappa shape index (κ3) is 4.41. The van der Waals surface area contributed by atoms with Crippen LogP contribution in [-0.4, -0.2) is 118 Å². The smallest absolute Gasteiger partial charge is 0.335 e. The van der Waals surface area contributed by atoms with Gasteiger partial charge in [0.2, 0.25) is 6.29 Å². The van der Waals surface area contributed by atoms with Crippen molar-refractivity contribution < 1.29 is 64.0 Å². The van der Waals surface area contributed by atoms with Crippen molar-refractivity contribution in [2.45, 2.75) is 61.4 Å². The van der Waals surface area contributed by atoms with Gasteiger partial charge in [-0.3, -0.25) is 4.84 Å². The van der Waals surface area contributed by atoms with Gasteiger partial charge in [-0.25, -0.2) is 15.1 Å². The molecule has 0 aromatic carbocycles. The standard InChI is InChI=1S/C14H23NO13/c1-15-28-14-6(19)4(17)8(10(27-14)12(22)23)25-13-5(18)3(16)7(24-2)9(26-13)11(20)21/h3-10,13-19H,1-2H3,(H,20,21)(H,22,23)/t3?,4?,5?,6?,7-,8+,9?,10?,13-,14?/m1/s1. The van der Waals surface area contributed by atoms with Gasteiger partial charge in [0, 0.05) is 14.2 Å². The van der Waals surface area contributed by atoms with E-state index >= 15 is 0 Å². The second-order valence-electron chi connectivity index (χ2n) is 6.11. The van der Waals surface area contributed by atoms with E-state index in [0.29, 0.717) is 0 Å². The summed E-state index contributed by atoms with van der Waals surface area (Å²) in [6, 6.07) is 0. The van der Waals surface area contributed by atoms with Crippen molar-refractivity contribution in [1.29, 1.82) is 0 Å². The van der Waals surface area contributed by atoms with Crippen molar-refractivity contribution in [3.8, 4) is 0 Å². The molecule has 7 N–H and O–H groups in total. The minimum atomic E-state index is -1.88. The minimum Gasteiger partial charge on any atom is -0.479 e. The lowest BCUT2D eigenvalue weighted by Gasteiger charge is -2.45. The first-order valence-electron chi connectivity index (χ1n) is 8.13. The minimum absolute atomic E-state index is 1.10. The summed E-state index contributed by atoms with van der Waals surface area (Å²) in [7, 11) is 2.41. The molecule has 28 heavy (non-hydrogen) atoms. The lowest BCUT2D eigenvalue weighted by atomic mass is 9.96. The lowest BCUT2D eigenvalue weighted by Crippen LogP contribution is -2.66. The molecular weight excluding hydrogens is 390 g/mol. The highest BCUT2D eigenvalue weighted by atomic mass is 16.8. The van der Waals surface area contributed by atoms with E-state index in [4.69, 9.17) is 23.8 Å². The zero-order valence-corrected chi connectivity index (χ0v) is 14.8. The Morgan fingerprint density at radius 3 is 1.79 bits per heavy atom. The molecule has 2 heterocycles. The highest BCUT2D eigenvalue weighted by molar-refractivity contribution is 5.74. The second kappa shape index (κ2) is 9.36. The van der Waals surface area contributed by atoms with Crippen molar-refractivity contribution in [3.05, 3.63) is 0 Å². The average Bonchev–Trinajstić information content (AvgIpc) is 2.64. The normalized spacial score (nSPS) is 44.2. The van der Waals surface area contributed by atoms with Crippen LogP contribution in [0.25, 0.3) is 0 Å². The highest BCUT2D eigenvalue weighted by Gasteiger charge is 2.54. The predicted molar refractivity (Wildman–Crippen MR) is 82.4 cm³/mol. The number of carboxylic acid groups (broad SMARTS) is 2. The maximum absolute atomic E-state index is 11.5. The van der Waals surface area contributed by atoms with E-state index < -0.39 is 73.4 Å². The van der Waals surface area contributed by atoms with E-state index in [0.717, 1.165) is 7.11 Å². The van der Waals surface area contributed by atoms with Crippen LogP contribution in [0.5, 0.6) is 0 Å². The van der Waals surface area contributed by atoms with Gasteiger partial charge in [0.15, 0.2) is 18.5 Å². The fraction of sp³-hybridized carbons (Fsp3) is 0.857. The van der Waals surface area contributed by atoms with E-state index in [1.807, 2.05) is 0 Å². The summed E-state index contributed by atoms with van der Waals surface area (Å²) >= 11 is 0. The molecule has 0 aromatic heterocycles. The molecule has 0 spiro atoms. The molecule has 2 rings (SSSR count). The Labute approximate surface area is 158 Å². The first-order valence-corrected chi connectivity index (χ1v) is 8.13. The zero-order valence-electron chi connectivity index (χ0n) is 14.8. The maximum Gasteiger partial charge on any atom is 0.335 e. The van der Waals surface area contributed by atoms with Crippen LogP contribution < -0.4 is 5.48 Å². The van der Waals surface area contributed by atoms with E-state index in [9.17, 15) is 40.2 Å². The van der Waals surface area contributed by atoms with Gasteiger partial charge in [-0.1, -0.05) is 0 Å². The van der Waals surface area contributed by atoms with E-state index in [2.05, 4.69) is 5.48 Å². The molecule has 14 heteroatoms. The van der Waals surface area contributed by atoms with Crippen molar-refractivity contribution >= 4 is 11.9 Å². The molecule has 2 aliphatic rings. The van der Waals surface area contributed by atoms with Gasteiger partial charge in [0.05, 0.1) is 0 Å². The summed E-state index contributed by atoms with van der Waals surface area (Å²) in [6.45, 7) is 0. The summed E-state index contributed by atoms with van der Waals surface area (Å²) in [4.78, 5) is 27.6. The number of aliphatic hydroxyl groups is 4. The Morgan fingerprint density at radius 2 is 1.29 bits per heavy atom. The molecule has 0 radical (unpaired) electrons. The number of hydroxylamine groups is 1. The van der Waals surface area contributed by atoms with Crippen LogP contribution in [0.4, 0.5) is 0 Å². The number of aliphatic carboxylic acids is 2. The third-order valence-corrected chi connectivity index (χ3v) is 4.37. The monoisotopic (exact) mass is 413 g/mol. The average molecular weight is 413 g/mol. The number of methoxy groups -OCH3 is 1. The van der Waals surface area contributed by atoms with Crippen LogP contribution in [0.1, 0.15) is 0 Å². The first-order chi connectivity index (χ1) is 13.1. The van der Waals surface area contributed by atoms with E-state index in [1.54, 1.807) is 0 Å². The molecule has 2 saturated heterocycles. The number of nitrogens with one attached hydrogen (secondary N) is 1. The Kier molecular flexibility index (Phi) is 7.63. The fourth-order valence-electron chi connectivity index (χ4n) is 2.97. The molecule has 0 aromatic rings. The van der Waals surface area contributed by atoms with Crippen molar-refractivity contribution in [2.24, 2.45) is 0 Å². The van der Waals surface area contributed by atoms with Crippen LogP contribution in [0.3, 0.4) is 0 Å². The van der Waals surface area contributed by atoms with E-state index in [1.165, 1.54) is 7.05 Å². The van der Waals surface area contributed by atoms with Gasteiger partial charge in [0.25, 0.3) is 0 Å². The Bertz CT molecular complexity index is 561. The fourth-order valence-corrected chi connectivity index (χ4v) is 2.97. The number of ether oxygens (including phenoxy) is 4. The van der Waals surface area contributed by atoms with Crippen LogP contribution in [0.15, 0.2) is 0 Å². The molecule has 10 atom stereocenters.